The van der Waals surface area contributed by atoms with Crippen LogP contribution in [-0.4, -0.2) is 52.7 Å². The molecular weight excluding hydrogens is 554 g/mol. The van der Waals surface area contributed by atoms with Crippen LogP contribution in [-0.2, 0) is 14.3 Å². The average molecular weight is 604 g/mol. The summed E-state index contributed by atoms with van der Waals surface area (Å²) >= 11 is 0. The van der Waals surface area contributed by atoms with Gasteiger partial charge < -0.3 is 25.4 Å². The number of alkyl carbamates (subject to hydrolysis) is 1. The molecule has 8 heteroatoms. The topological polar surface area (TPSA) is 108 Å². The summed E-state index contributed by atoms with van der Waals surface area (Å²) in [4.78, 5) is 42.7. The minimum absolute atomic E-state index is 0.279. The number of unbranched alkanes of at least 4 members (excludes halogenated alkanes) is 5. The molecule has 3 rings (SSSR count). The molecule has 3 N–H and O–H groups in total. The number of anilines is 1. The summed E-state index contributed by atoms with van der Waals surface area (Å²) in [5.74, 6) is -0.917. The van der Waals surface area contributed by atoms with Gasteiger partial charge in [-0.3, -0.25) is 9.59 Å². The molecule has 0 aliphatic rings. The molecule has 0 saturated carbocycles. The molecule has 0 heterocycles. The van der Waals surface area contributed by atoms with Crippen molar-refractivity contribution in [3.05, 3.63) is 77.4 Å². The molecule has 0 aliphatic carbocycles. The van der Waals surface area contributed by atoms with Gasteiger partial charge >= 0.3 is 6.09 Å². The second-order valence-electron chi connectivity index (χ2n) is 12.4. The molecule has 0 bridgehead atoms. The fraction of sp³-hybridized carbons (Fsp3) is 0.472. The molecule has 0 aliphatic heterocycles. The Balaban J connectivity index is 2.02. The zero-order valence-electron chi connectivity index (χ0n) is 27.1. The number of fused-ring (bicyclic) bond motifs is 1. The van der Waals surface area contributed by atoms with E-state index in [2.05, 4.69) is 17.6 Å². The molecule has 8 nitrogen and oxygen atoms in total. The highest BCUT2D eigenvalue weighted by Gasteiger charge is 2.37. The zero-order valence-corrected chi connectivity index (χ0v) is 27.1. The van der Waals surface area contributed by atoms with Gasteiger partial charge in [0.05, 0.1) is 6.61 Å². The molecule has 3 aromatic carbocycles. The van der Waals surface area contributed by atoms with E-state index in [4.69, 9.17) is 4.74 Å². The Morgan fingerprint density at radius 3 is 2.14 bits per heavy atom. The van der Waals surface area contributed by atoms with Gasteiger partial charge in [0.15, 0.2) is 0 Å². The number of hydrogen-bond acceptors (Lipinski definition) is 5. The second kappa shape index (κ2) is 16.2. The molecule has 0 spiro atoms. The Hall–Kier alpha value is -3.91. The number of amides is 3. The van der Waals surface area contributed by atoms with E-state index >= 15 is 0 Å². The lowest BCUT2D eigenvalue weighted by molar-refractivity contribution is -0.141. The number of carbonyl (C=O) groups is 3. The van der Waals surface area contributed by atoms with E-state index in [1.807, 2.05) is 74.5 Å². The van der Waals surface area contributed by atoms with E-state index in [1.54, 1.807) is 20.8 Å². The summed E-state index contributed by atoms with van der Waals surface area (Å²) < 4.78 is 5.37. The Morgan fingerprint density at radius 2 is 1.50 bits per heavy atom. The van der Waals surface area contributed by atoms with Crippen LogP contribution < -0.4 is 10.6 Å². The number of carbonyl (C=O) groups excluding carboxylic acids is 3. The average Bonchev–Trinajstić information content (AvgIpc) is 2.96. The minimum Gasteiger partial charge on any atom is -0.444 e. The van der Waals surface area contributed by atoms with Crippen LogP contribution in [0.15, 0.2) is 60.7 Å². The maximum absolute atomic E-state index is 14.3. The van der Waals surface area contributed by atoms with Gasteiger partial charge in [0.1, 0.15) is 17.7 Å². The van der Waals surface area contributed by atoms with Gasteiger partial charge in [0.25, 0.3) is 5.91 Å². The Morgan fingerprint density at radius 1 is 0.864 bits per heavy atom. The number of aliphatic hydroxyl groups excluding tert-OH is 1. The fourth-order valence-electron chi connectivity index (χ4n) is 5.43. The molecule has 0 fully saturated rings. The highest BCUT2D eigenvalue weighted by Crippen LogP contribution is 2.31. The Kier molecular flexibility index (Phi) is 12.8. The first kappa shape index (κ1) is 34.6. The van der Waals surface area contributed by atoms with Crippen molar-refractivity contribution in [2.24, 2.45) is 0 Å². The Bertz CT molecular complexity index is 1390. The summed E-state index contributed by atoms with van der Waals surface area (Å²) in [5, 5.41) is 17.9. The molecule has 0 aromatic heterocycles. The predicted octanol–water partition coefficient (Wildman–Crippen LogP) is 7.21. The van der Waals surface area contributed by atoms with Gasteiger partial charge in [-0.1, -0.05) is 87.6 Å². The van der Waals surface area contributed by atoms with Crippen molar-refractivity contribution in [3.63, 3.8) is 0 Å². The van der Waals surface area contributed by atoms with Crippen molar-refractivity contribution in [1.29, 1.82) is 0 Å². The largest absolute Gasteiger partial charge is 0.444 e. The monoisotopic (exact) mass is 603 g/mol. The first-order valence-electron chi connectivity index (χ1n) is 15.7. The van der Waals surface area contributed by atoms with Crippen LogP contribution in [0.25, 0.3) is 10.8 Å². The number of aliphatic hydroxyl groups is 1. The summed E-state index contributed by atoms with van der Waals surface area (Å²) in [6, 6.07) is 17.1. The number of nitrogens with zero attached hydrogens (tertiary/aromatic N) is 1. The molecule has 238 valence electrons. The van der Waals surface area contributed by atoms with E-state index in [1.165, 1.54) is 4.90 Å². The van der Waals surface area contributed by atoms with Crippen LogP contribution in [0.5, 0.6) is 0 Å². The molecular formula is C36H49N3O5. The van der Waals surface area contributed by atoms with Crippen molar-refractivity contribution in [3.8, 4) is 0 Å². The highest BCUT2D eigenvalue weighted by atomic mass is 16.6. The fourth-order valence-corrected chi connectivity index (χ4v) is 5.43. The quantitative estimate of drug-likeness (QED) is 0.169. The van der Waals surface area contributed by atoms with Crippen molar-refractivity contribution in [2.45, 2.75) is 97.8 Å². The van der Waals surface area contributed by atoms with Crippen molar-refractivity contribution < 1.29 is 24.2 Å². The van der Waals surface area contributed by atoms with Gasteiger partial charge in [-0.2, -0.15) is 0 Å². The number of rotatable bonds is 14. The first-order chi connectivity index (χ1) is 20.9. The standard InChI is InChI=1S/C36H49N3O5/c1-7-8-9-10-11-14-22-39(34(42)30(24-40)38-35(43)44-36(4,5)6)32(31-25(2)16-15-17-26(31)3)33(41)37-29-21-20-27-18-12-13-19-28(27)23-29/h12-13,15-21,23,30,32,40H,7-11,14,22,24H2,1-6H3,(H,37,41)(H,38,43). The Labute approximate surface area is 262 Å². The molecule has 2 atom stereocenters. The minimum atomic E-state index is -1.29. The summed E-state index contributed by atoms with van der Waals surface area (Å²) in [6.45, 7) is 10.8. The van der Waals surface area contributed by atoms with Crippen LogP contribution >= 0.6 is 0 Å². The van der Waals surface area contributed by atoms with E-state index in [-0.39, 0.29) is 12.5 Å². The molecule has 44 heavy (non-hydrogen) atoms. The van der Waals surface area contributed by atoms with Gasteiger partial charge in [-0.25, -0.2) is 4.79 Å². The van der Waals surface area contributed by atoms with Gasteiger partial charge in [-0.15, -0.1) is 0 Å². The lowest BCUT2D eigenvalue weighted by atomic mass is 9.93. The smallest absolute Gasteiger partial charge is 0.408 e. The summed E-state index contributed by atoms with van der Waals surface area (Å²) in [5.41, 5.74) is 2.28. The second-order valence-corrected chi connectivity index (χ2v) is 12.4. The number of aryl methyl sites for hydroxylation is 2. The predicted molar refractivity (Wildman–Crippen MR) is 177 cm³/mol. The number of benzene rings is 3. The number of hydrogen-bond donors (Lipinski definition) is 3. The summed E-state index contributed by atoms with van der Waals surface area (Å²) in [7, 11) is 0. The first-order valence-corrected chi connectivity index (χ1v) is 15.7. The highest BCUT2D eigenvalue weighted by molar-refractivity contribution is 6.00. The van der Waals surface area contributed by atoms with Gasteiger partial charge in [0.2, 0.25) is 5.91 Å². The maximum Gasteiger partial charge on any atom is 0.408 e. The van der Waals surface area contributed by atoms with E-state index in [0.717, 1.165) is 59.6 Å². The van der Waals surface area contributed by atoms with Crippen LogP contribution in [0, 0.1) is 13.8 Å². The maximum atomic E-state index is 14.3. The van der Waals surface area contributed by atoms with E-state index in [9.17, 15) is 19.5 Å². The third kappa shape index (κ3) is 9.81. The molecule has 0 radical (unpaired) electrons. The normalized spacial score (nSPS) is 12.8. The van der Waals surface area contributed by atoms with Crippen LogP contribution in [0.2, 0.25) is 0 Å². The molecule has 0 saturated heterocycles. The summed E-state index contributed by atoms with van der Waals surface area (Å²) in [6.07, 6.45) is 5.15. The van der Waals surface area contributed by atoms with Crippen molar-refractivity contribution in [1.82, 2.24) is 10.2 Å². The van der Waals surface area contributed by atoms with E-state index < -0.39 is 36.3 Å². The molecule has 3 aromatic rings. The van der Waals surface area contributed by atoms with Crippen LogP contribution in [0.4, 0.5) is 10.5 Å². The lowest BCUT2D eigenvalue weighted by Gasteiger charge is -2.35. The third-order valence-electron chi connectivity index (χ3n) is 7.60. The van der Waals surface area contributed by atoms with Crippen molar-refractivity contribution >= 4 is 34.4 Å². The number of nitrogens with one attached hydrogen (secondary N) is 2. The van der Waals surface area contributed by atoms with Gasteiger partial charge in [-0.05, 0) is 80.6 Å². The number of ether oxygens (including phenoxy) is 1. The molecule has 3 amide bonds. The third-order valence-corrected chi connectivity index (χ3v) is 7.60. The van der Waals surface area contributed by atoms with Gasteiger partial charge in [0, 0.05) is 12.2 Å². The molecule has 2 unspecified atom stereocenters. The van der Waals surface area contributed by atoms with Crippen LogP contribution in [0.1, 0.15) is 89.0 Å². The SMILES string of the molecule is CCCCCCCCN(C(=O)C(CO)NC(=O)OC(C)(C)C)C(C(=O)Nc1ccc2ccccc2c1)c1c(C)cccc1C. The van der Waals surface area contributed by atoms with Crippen molar-refractivity contribution in [2.75, 3.05) is 18.5 Å². The zero-order chi connectivity index (χ0) is 32.3. The van der Waals surface area contributed by atoms with Crippen LogP contribution in [0.3, 0.4) is 0 Å². The lowest BCUT2D eigenvalue weighted by Crippen LogP contribution is -2.54. The van der Waals surface area contributed by atoms with E-state index in [0.29, 0.717) is 12.1 Å².